The summed E-state index contributed by atoms with van der Waals surface area (Å²) in [6.45, 7) is 4.93. The number of carbonyl (C=O) groups is 1. The minimum absolute atomic E-state index is 0.376. The predicted octanol–water partition coefficient (Wildman–Crippen LogP) is 2.21. The van der Waals surface area contributed by atoms with E-state index < -0.39 is 0 Å². The molecular formula is C14H21BrN2O3. The summed E-state index contributed by atoms with van der Waals surface area (Å²) in [5.41, 5.74) is 6.19. The first-order chi connectivity index (χ1) is 9.49. The van der Waals surface area contributed by atoms with Gasteiger partial charge in [0.1, 0.15) is 0 Å². The molecule has 20 heavy (non-hydrogen) atoms. The Morgan fingerprint density at radius 3 is 2.75 bits per heavy atom. The molecule has 0 saturated carbocycles. The number of methoxy groups -OCH3 is 1. The molecular weight excluding hydrogens is 324 g/mol. The van der Waals surface area contributed by atoms with Gasteiger partial charge in [0.25, 0.3) is 0 Å². The molecule has 0 aromatic heterocycles. The Labute approximate surface area is 127 Å². The summed E-state index contributed by atoms with van der Waals surface area (Å²) in [7, 11) is 1.60. The zero-order valence-corrected chi connectivity index (χ0v) is 13.6. The summed E-state index contributed by atoms with van der Waals surface area (Å²) in [6, 6.07) is 3.45. The molecule has 0 heterocycles. The maximum Gasteiger partial charge on any atom is 0.234 e. The molecule has 1 aromatic carbocycles. The number of amides is 1. The minimum Gasteiger partial charge on any atom is -0.493 e. The summed E-state index contributed by atoms with van der Waals surface area (Å²) in [5, 5.41) is 3.05. The van der Waals surface area contributed by atoms with E-state index in [-0.39, 0.29) is 11.9 Å². The van der Waals surface area contributed by atoms with Crippen molar-refractivity contribution in [2.45, 2.75) is 32.9 Å². The molecule has 6 heteroatoms. The molecule has 0 spiro atoms. The second-order valence-electron chi connectivity index (χ2n) is 4.46. The van der Waals surface area contributed by atoms with Gasteiger partial charge in [-0.1, -0.05) is 6.92 Å². The Balaban J connectivity index is 2.84. The number of halogens is 1. The van der Waals surface area contributed by atoms with Gasteiger partial charge >= 0.3 is 0 Å². The summed E-state index contributed by atoms with van der Waals surface area (Å²) in [5.74, 6) is 0.983. The van der Waals surface area contributed by atoms with Crippen LogP contribution in [0.4, 0.5) is 0 Å². The van der Waals surface area contributed by atoms with Crippen molar-refractivity contribution in [3.63, 3.8) is 0 Å². The molecule has 0 bridgehead atoms. The lowest BCUT2D eigenvalue weighted by atomic mass is 10.2. The Hall–Kier alpha value is -1.27. The number of ether oxygens (including phenoxy) is 2. The molecule has 1 unspecified atom stereocenters. The van der Waals surface area contributed by atoms with Crippen molar-refractivity contribution in [1.82, 2.24) is 5.32 Å². The standard InChI is InChI=1S/C14H21BrN2O3/c1-4-5-20-13-11(15)6-10(7-12(13)19-3)8-17-9(2)14(16)18/h6-7,9,17H,4-5,8H2,1-3H3,(H2,16,18). The summed E-state index contributed by atoms with van der Waals surface area (Å²) >= 11 is 3.48. The lowest BCUT2D eigenvalue weighted by molar-refractivity contribution is -0.119. The number of nitrogens with one attached hydrogen (secondary N) is 1. The topological polar surface area (TPSA) is 73.6 Å². The number of benzene rings is 1. The lowest BCUT2D eigenvalue weighted by Gasteiger charge is -2.15. The van der Waals surface area contributed by atoms with Crippen LogP contribution in [0, 0.1) is 0 Å². The van der Waals surface area contributed by atoms with Gasteiger partial charge in [0.05, 0.1) is 24.2 Å². The van der Waals surface area contributed by atoms with Gasteiger partial charge in [0.2, 0.25) is 5.91 Å². The number of hydrogen-bond acceptors (Lipinski definition) is 4. The van der Waals surface area contributed by atoms with Crippen molar-refractivity contribution in [3.8, 4) is 11.5 Å². The highest BCUT2D eigenvalue weighted by molar-refractivity contribution is 9.10. The first kappa shape index (κ1) is 16.8. The van der Waals surface area contributed by atoms with E-state index in [1.54, 1.807) is 14.0 Å². The molecule has 0 radical (unpaired) electrons. The quantitative estimate of drug-likeness (QED) is 0.758. The first-order valence-corrected chi connectivity index (χ1v) is 7.30. The average Bonchev–Trinajstić information content (AvgIpc) is 2.42. The van der Waals surface area contributed by atoms with E-state index in [4.69, 9.17) is 15.2 Å². The molecule has 0 aliphatic heterocycles. The second kappa shape index (κ2) is 8.11. The monoisotopic (exact) mass is 344 g/mol. The molecule has 1 amide bonds. The number of hydrogen-bond donors (Lipinski definition) is 2. The average molecular weight is 345 g/mol. The highest BCUT2D eigenvalue weighted by Crippen LogP contribution is 2.36. The van der Waals surface area contributed by atoms with Crippen LogP contribution in [0.2, 0.25) is 0 Å². The molecule has 3 N–H and O–H groups in total. The van der Waals surface area contributed by atoms with Crippen LogP contribution in [-0.2, 0) is 11.3 Å². The van der Waals surface area contributed by atoms with Gasteiger partial charge in [0.15, 0.2) is 11.5 Å². The van der Waals surface area contributed by atoms with Crippen molar-refractivity contribution >= 4 is 21.8 Å². The molecule has 0 saturated heterocycles. The molecule has 1 rings (SSSR count). The summed E-state index contributed by atoms with van der Waals surface area (Å²) in [6.07, 6.45) is 0.926. The Bertz CT molecular complexity index is 466. The van der Waals surface area contributed by atoms with E-state index in [9.17, 15) is 4.79 Å². The van der Waals surface area contributed by atoms with Gasteiger partial charge in [-0.2, -0.15) is 0 Å². The summed E-state index contributed by atoms with van der Waals surface area (Å²) < 4.78 is 11.8. The van der Waals surface area contributed by atoms with Gasteiger partial charge in [0, 0.05) is 6.54 Å². The van der Waals surface area contributed by atoms with Crippen molar-refractivity contribution < 1.29 is 14.3 Å². The normalized spacial score (nSPS) is 12.0. The Morgan fingerprint density at radius 1 is 1.50 bits per heavy atom. The zero-order valence-electron chi connectivity index (χ0n) is 12.0. The number of primary amides is 1. The third-order valence-corrected chi connectivity index (χ3v) is 3.37. The fourth-order valence-electron chi connectivity index (χ4n) is 1.59. The SMILES string of the molecule is CCCOc1c(Br)cc(CNC(C)C(N)=O)cc1OC. The lowest BCUT2D eigenvalue weighted by Crippen LogP contribution is -2.38. The highest BCUT2D eigenvalue weighted by Gasteiger charge is 2.13. The third kappa shape index (κ3) is 4.68. The van der Waals surface area contributed by atoms with E-state index >= 15 is 0 Å². The second-order valence-corrected chi connectivity index (χ2v) is 5.32. The largest absolute Gasteiger partial charge is 0.493 e. The maximum atomic E-state index is 11.0. The van der Waals surface area contributed by atoms with Crippen LogP contribution in [0.5, 0.6) is 11.5 Å². The Kier molecular flexibility index (Phi) is 6.81. The molecule has 0 aliphatic rings. The van der Waals surface area contributed by atoms with E-state index in [0.29, 0.717) is 24.7 Å². The Morgan fingerprint density at radius 2 is 2.20 bits per heavy atom. The maximum absolute atomic E-state index is 11.0. The number of carbonyl (C=O) groups excluding carboxylic acids is 1. The van der Waals surface area contributed by atoms with Crippen LogP contribution in [0.15, 0.2) is 16.6 Å². The molecule has 0 fully saturated rings. The molecule has 1 aromatic rings. The van der Waals surface area contributed by atoms with Gasteiger partial charge < -0.3 is 20.5 Å². The van der Waals surface area contributed by atoms with E-state index in [2.05, 4.69) is 21.2 Å². The fourth-order valence-corrected chi connectivity index (χ4v) is 2.19. The first-order valence-electron chi connectivity index (χ1n) is 6.51. The van der Waals surface area contributed by atoms with Crippen molar-refractivity contribution in [2.75, 3.05) is 13.7 Å². The third-order valence-electron chi connectivity index (χ3n) is 2.78. The highest BCUT2D eigenvalue weighted by atomic mass is 79.9. The van der Waals surface area contributed by atoms with Gasteiger partial charge in [-0.15, -0.1) is 0 Å². The minimum atomic E-state index is -0.379. The smallest absolute Gasteiger partial charge is 0.234 e. The fraction of sp³-hybridized carbons (Fsp3) is 0.500. The predicted molar refractivity (Wildman–Crippen MR) is 82.0 cm³/mol. The van der Waals surface area contributed by atoms with Crippen LogP contribution in [0.3, 0.4) is 0 Å². The van der Waals surface area contributed by atoms with Crippen molar-refractivity contribution in [3.05, 3.63) is 22.2 Å². The van der Waals surface area contributed by atoms with E-state index in [1.807, 2.05) is 19.1 Å². The van der Waals surface area contributed by atoms with Gasteiger partial charge in [-0.3, -0.25) is 4.79 Å². The van der Waals surface area contributed by atoms with Gasteiger partial charge in [-0.25, -0.2) is 0 Å². The molecule has 112 valence electrons. The van der Waals surface area contributed by atoms with Gasteiger partial charge in [-0.05, 0) is 47.0 Å². The van der Waals surface area contributed by atoms with Crippen LogP contribution in [0.1, 0.15) is 25.8 Å². The van der Waals surface area contributed by atoms with Crippen LogP contribution in [-0.4, -0.2) is 25.7 Å². The summed E-state index contributed by atoms with van der Waals surface area (Å²) in [4.78, 5) is 11.0. The molecule has 1 atom stereocenters. The van der Waals surface area contributed by atoms with Crippen LogP contribution >= 0.6 is 15.9 Å². The zero-order chi connectivity index (χ0) is 15.1. The van der Waals surface area contributed by atoms with Crippen molar-refractivity contribution in [2.24, 2.45) is 5.73 Å². The van der Waals surface area contributed by atoms with Crippen LogP contribution in [0.25, 0.3) is 0 Å². The number of nitrogens with two attached hydrogens (primary N) is 1. The van der Waals surface area contributed by atoms with E-state index in [0.717, 1.165) is 16.5 Å². The molecule has 5 nitrogen and oxygen atoms in total. The van der Waals surface area contributed by atoms with Crippen LogP contribution < -0.4 is 20.5 Å². The number of rotatable bonds is 8. The van der Waals surface area contributed by atoms with E-state index in [1.165, 1.54) is 0 Å². The van der Waals surface area contributed by atoms with Crippen molar-refractivity contribution in [1.29, 1.82) is 0 Å². The molecule has 0 aliphatic carbocycles.